The minimum Gasteiger partial charge on any atom is -0.467 e. The Hall–Kier alpha value is -3.59. The molecule has 210 valence electrons. The Balaban J connectivity index is 1.52. The van der Waals surface area contributed by atoms with Crippen LogP contribution in [0.5, 0.6) is 0 Å². The van der Waals surface area contributed by atoms with Crippen molar-refractivity contribution in [1.29, 1.82) is 0 Å². The van der Waals surface area contributed by atoms with E-state index >= 15 is 0 Å². The van der Waals surface area contributed by atoms with Crippen LogP contribution in [0.4, 0.5) is 23.2 Å². The summed E-state index contributed by atoms with van der Waals surface area (Å²) in [6, 6.07) is 4.76. The highest BCUT2D eigenvalue weighted by Gasteiger charge is 2.52. The van der Waals surface area contributed by atoms with Crippen molar-refractivity contribution in [2.45, 2.75) is 32.3 Å². The summed E-state index contributed by atoms with van der Waals surface area (Å²) >= 11 is 6.18. The highest BCUT2D eigenvalue weighted by molar-refractivity contribution is 7.90. The van der Waals surface area contributed by atoms with Gasteiger partial charge in [0.1, 0.15) is 17.2 Å². The van der Waals surface area contributed by atoms with Crippen molar-refractivity contribution in [3.05, 3.63) is 63.8 Å². The Morgan fingerprint density at radius 1 is 1.23 bits per heavy atom. The van der Waals surface area contributed by atoms with Crippen LogP contribution in [0, 0.1) is 12.7 Å². The molecule has 10 nitrogen and oxygen atoms in total. The maximum absolute atomic E-state index is 15.0. The third kappa shape index (κ3) is 5.32. The fourth-order valence-electron chi connectivity index (χ4n) is 3.99. The van der Waals surface area contributed by atoms with Crippen molar-refractivity contribution in [1.82, 2.24) is 19.0 Å². The van der Waals surface area contributed by atoms with E-state index in [0.717, 1.165) is 23.7 Å². The maximum atomic E-state index is 15.0. The summed E-state index contributed by atoms with van der Waals surface area (Å²) in [5, 5.41) is 7.99. The van der Waals surface area contributed by atoms with Gasteiger partial charge in [-0.25, -0.2) is 13.7 Å². The molecule has 2 aromatic heterocycles. The predicted octanol–water partition coefficient (Wildman–Crippen LogP) is 3.82. The number of hydrazone groups is 1. The van der Waals surface area contributed by atoms with Gasteiger partial charge in [-0.2, -0.15) is 21.6 Å². The summed E-state index contributed by atoms with van der Waals surface area (Å²) in [5.74, 6) is -1.22. The number of amidine groups is 1. The Morgan fingerprint density at radius 3 is 2.56 bits per heavy atom. The van der Waals surface area contributed by atoms with E-state index in [0.29, 0.717) is 34.0 Å². The normalized spacial score (nSPS) is 14.5. The van der Waals surface area contributed by atoms with Crippen LogP contribution >= 0.6 is 11.6 Å². The number of aryl methyl sites for hydroxylation is 2. The number of imidazole rings is 1. The highest BCUT2D eigenvalue weighted by atomic mass is 35.5. The van der Waals surface area contributed by atoms with E-state index in [4.69, 9.17) is 16.3 Å². The van der Waals surface area contributed by atoms with E-state index in [1.54, 1.807) is 23.6 Å². The average Bonchev–Trinajstić information content (AvgIpc) is 3.23. The van der Waals surface area contributed by atoms with E-state index in [1.807, 2.05) is 6.92 Å². The molecule has 0 spiro atoms. The smallest absolute Gasteiger partial charge is 0.467 e. The van der Waals surface area contributed by atoms with Gasteiger partial charge in [-0.05, 0) is 36.6 Å². The lowest BCUT2D eigenvalue weighted by atomic mass is 10.1. The Bertz CT molecular complexity index is 1570. The van der Waals surface area contributed by atoms with Gasteiger partial charge in [-0.3, -0.25) is 14.2 Å². The van der Waals surface area contributed by atoms with Crippen LogP contribution in [-0.4, -0.2) is 59.7 Å². The molecule has 0 saturated heterocycles. The third-order valence-corrected chi connectivity index (χ3v) is 7.87. The highest BCUT2D eigenvalue weighted by Crippen LogP contribution is 2.30. The van der Waals surface area contributed by atoms with Gasteiger partial charge < -0.3 is 10.1 Å². The molecule has 0 unspecified atom stereocenters. The Labute approximate surface area is 225 Å². The number of rotatable bonds is 6. The van der Waals surface area contributed by atoms with Crippen LogP contribution in [-0.2, 0) is 27.7 Å². The quantitative estimate of drug-likeness (QED) is 0.437. The van der Waals surface area contributed by atoms with Crippen molar-refractivity contribution >= 4 is 44.9 Å². The molecule has 39 heavy (non-hydrogen) atoms. The first-order valence-electron chi connectivity index (χ1n) is 11.5. The molecule has 3 aromatic rings. The van der Waals surface area contributed by atoms with Gasteiger partial charge in [0.15, 0.2) is 0 Å². The van der Waals surface area contributed by atoms with Gasteiger partial charge in [0, 0.05) is 23.8 Å². The summed E-state index contributed by atoms with van der Waals surface area (Å²) in [5.41, 5.74) is -3.12. The fourth-order valence-corrected chi connectivity index (χ4v) is 5.02. The van der Waals surface area contributed by atoms with Crippen LogP contribution in [0.1, 0.15) is 34.2 Å². The number of benzene rings is 1. The van der Waals surface area contributed by atoms with E-state index in [9.17, 15) is 30.8 Å². The van der Waals surface area contributed by atoms with E-state index in [-0.39, 0.29) is 23.1 Å². The minimum atomic E-state index is -5.74. The summed E-state index contributed by atoms with van der Waals surface area (Å²) in [6.07, 6.45) is 2.20. The van der Waals surface area contributed by atoms with Gasteiger partial charge in [0.05, 0.1) is 31.6 Å². The number of carbonyl (C=O) groups is 1. The molecule has 4 rings (SSSR count). The summed E-state index contributed by atoms with van der Waals surface area (Å²) in [7, 11) is -4.79. The van der Waals surface area contributed by atoms with E-state index < -0.39 is 39.8 Å². The second-order valence-corrected chi connectivity index (χ2v) is 10.8. The second kappa shape index (κ2) is 10.5. The van der Waals surface area contributed by atoms with Gasteiger partial charge in [0.2, 0.25) is 0 Å². The summed E-state index contributed by atoms with van der Waals surface area (Å²) in [6.45, 7) is 2.58. The average molecular weight is 591 g/mol. The first-order chi connectivity index (χ1) is 18.3. The number of sulfonamides is 1. The number of halogens is 5. The molecule has 1 aliphatic heterocycles. The zero-order valence-corrected chi connectivity index (χ0v) is 22.5. The number of hydrogen-bond acceptors (Lipinski definition) is 7. The van der Waals surface area contributed by atoms with Crippen LogP contribution in [0.15, 0.2) is 35.6 Å². The number of nitrogens with zero attached hydrogens (tertiary/aromatic N) is 5. The van der Waals surface area contributed by atoms with Gasteiger partial charge >= 0.3 is 21.6 Å². The third-order valence-electron chi connectivity index (χ3n) is 5.96. The zero-order chi connectivity index (χ0) is 28.7. The van der Waals surface area contributed by atoms with Gasteiger partial charge in [0.25, 0.3) is 5.91 Å². The number of pyridine rings is 1. The zero-order valence-electron chi connectivity index (χ0n) is 20.9. The summed E-state index contributed by atoms with van der Waals surface area (Å²) < 4.78 is 83.8. The SMILES string of the molecule is CCc1nc2cc(Cl)c(C)cn2c1C(=O)NCc1ccc(N2CCN(S(=O)(=O)C(F)(F)F)C(OC)=N2)c(F)c1. The first kappa shape index (κ1) is 28.4. The number of ether oxygens (including phenoxy) is 1. The molecule has 0 radical (unpaired) electrons. The van der Waals surface area contributed by atoms with Crippen molar-refractivity contribution in [2.75, 3.05) is 25.2 Å². The van der Waals surface area contributed by atoms with Crippen molar-refractivity contribution < 1.29 is 35.5 Å². The van der Waals surface area contributed by atoms with Crippen molar-refractivity contribution in [3.63, 3.8) is 0 Å². The Morgan fingerprint density at radius 2 is 1.95 bits per heavy atom. The molecular weight excluding hydrogens is 568 g/mol. The number of methoxy groups -OCH3 is 1. The molecule has 0 bridgehead atoms. The van der Waals surface area contributed by atoms with E-state index in [2.05, 4.69) is 15.4 Å². The number of aromatic nitrogens is 2. The number of carbonyl (C=O) groups excluding carboxylic acids is 1. The molecule has 0 saturated carbocycles. The van der Waals surface area contributed by atoms with E-state index in [1.165, 1.54) is 12.1 Å². The minimum absolute atomic E-state index is 0.0224. The molecular formula is C23H23ClF4N6O4S. The van der Waals surface area contributed by atoms with Crippen LogP contribution in [0.3, 0.4) is 0 Å². The first-order valence-corrected chi connectivity index (χ1v) is 13.3. The lowest BCUT2D eigenvalue weighted by Crippen LogP contribution is -2.51. The Kier molecular flexibility index (Phi) is 7.67. The largest absolute Gasteiger partial charge is 0.516 e. The monoisotopic (exact) mass is 590 g/mol. The van der Waals surface area contributed by atoms with Crippen LogP contribution in [0.2, 0.25) is 5.02 Å². The van der Waals surface area contributed by atoms with Crippen LogP contribution < -0.4 is 10.3 Å². The molecule has 3 heterocycles. The molecule has 1 aromatic carbocycles. The number of anilines is 1. The molecule has 0 aliphatic carbocycles. The van der Waals surface area contributed by atoms with Crippen LogP contribution in [0.25, 0.3) is 5.65 Å². The second-order valence-electron chi connectivity index (χ2n) is 8.49. The van der Waals surface area contributed by atoms with Crippen molar-refractivity contribution in [3.8, 4) is 0 Å². The molecule has 1 amide bonds. The molecule has 1 aliphatic rings. The standard InChI is InChI=1S/C23H23ClF4N6O4S/c1-4-17-20(32-12-13(2)15(24)10-19(32)30-17)21(35)29-11-14-5-6-18(16(25)9-14)33-7-8-34(22(31-33)38-3)39(36,37)23(26,27)28/h5-6,9-10,12H,4,7-8,11H2,1-3H3,(H,29,35). The molecule has 16 heteroatoms. The number of alkyl halides is 3. The predicted molar refractivity (Wildman–Crippen MR) is 135 cm³/mol. The van der Waals surface area contributed by atoms with Gasteiger partial charge in [-0.15, -0.1) is 5.10 Å². The number of amides is 1. The number of hydrogen-bond donors (Lipinski definition) is 1. The maximum Gasteiger partial charge on any atom is 0.516 e. The fraction of sp³-hybridized carbons (Fsp3) is 0.348. The molecule has 0 fully saturated rings. The van der Waals surface area contributed by atoms with Crippen molar-refractivity contribution in [2.24, 2.45) is 5.10 Å². The summed E-state index contributed by atoms with van der Waals surface area (Å²) in [4.78, 5) is 17.5. The molecule has 1 N–H and O–H groups in total. The lowest BCUT2D eigenvalue weighted by Gasteiger charge is -2.32. The number of nitrogens with one attached hydrogen (secondary N) is 1. The lowest BCUT2D eigenvalue weighted by molar-refractivity contribution is -0.0477. The van der Waals surface area contributed by atoms with Gasteiger partial charge in [-0.1, -0.05) is 24.6 Å². The molecule has 0 atom stereocenters. The number of fused-ring (bicyclic) bond motifs is 1. The topological polar surface area (TPSA) is 109 Å².